The Morgan fingerprint density at radius 3 is 2.39 bits per heavy atom. The van der Waals surface area contributed by atoms with Crippen LogP contribution in [0.4, 0.5) is 4.39 Å². The number of likely N-dealkylation sites (tertiary alicyclic amines) is 2. The Balaban J connectivity index is 0.894. The third-order valence-corrected chi connectivity index (χ3v) is 19.3. The molecule has 0 saturated carbocycles. The summed E-state index contributed by atoms with van der Waals surface area (Å²) in [5.41, 5.74) is 2.38. The molecule has 4 fully saturated rings. The number of nitrogens with zero attached hydrogens (tertiary/aromatic N) is 5. The van der Waals surface area contributed by atoms with Gasteiger partial charge in [-0.2, -0.15) is 0 Å². The number of halogens is 1. The number of aromatic nitrogens is 2. The van der Waals surface area contributed by atoms with E-state index in [0.29, 0.717) is 71.6 Å². The molecule has 4 aliphatic rings. The average Bonchev–Trinajstić information content (AvgIpc) is 4.35. The lowest BCUT2D eigenvalue weighted by molar-refractivity contribution is -0.152. The number of alkyl halides is 1. The number of piperidine rings is 2. The van der Waals surface area contributed by atoms with Gasteiger partial charge >= 0.3 is 11.7 Å². The molecule has 3 N–H and O–H groups in total. The molecule has 0 spiro atoms. The van der Waals surface area contributed by atoms with Crippen molar-refractivity contribution in [3.05, 3.63) is 105 Å². The maximum absolute atomic E-state index is 16.0. The number of imide groups is 1. The number of nitrogens with one attached hydrogen (secondary N) is 3. The summed E-state index contributed by atoms with van der Waals surface area (Å²) < 4.78 is 44.7. The quantitative estimate of drug-likeness (QED) is 0.0467. The standard InChI is InChI=1S/C58H74FN8O10PS/c1-8-27-77-56(73)35(2)62-78(7,75)51(59)40-15-18-46-41(31-40)32-47(79-46)53(70)61-50(58(3,4)5)55(72)66-25-22-39(49(66)54(71)65-26-28-76-45(34-65)38-12-10-9-11-13-38)29-36-20-23-64(24-21-36)33-37-14-16-42-44(30-37)63(6)57(74)67(42)43-17-19-48(68)60-52(43)69/h9-16,18,30-32,35-36,39,43,45,49-51H,8,17,19-29,33-34H2,1-7H3,(H,61,70)(H,62,75)(H,60,68,69)/t35-,39-,43?,45-,49-,50+,51?,78?/m0/s1. The van der Waals surface area contributed by atoms with Gasteiger partial charge in [-0.15, -0.1) is 11.3 Å². The summed E-state index contributed by atoms with van der Waals surface area (Å²) in [6.07, 6.45) is 3.85. The third kappa shape index (κ3) is 12.6. The van der Waals surface area contributed by atoms with Crippen molar-refractivity contribution >= 4 is 75.3 Å². The third-order valence-electron chi connectivity index (χ3n) is 16.1. The number of amides is 5. The maximum atomic E-state index is 16.0. The minimum atomic E-state index is -3.77. The highest BCUT2D eigenvalue weighted by atomic mass is 32.1. The van der Waals surface area contributed by atoms with Crippen LogP contribution in [0.3, 0.4) is 0 Å². The zero-order valence-electron chi connectivity index (χ0n) is 46.2. The fourth-order valence-corrected chi connectivity index (χ4v) is 14.5. The molecule has 2 aromatic heterocycles. The molecular formula is C58H74FN8O10PS. The minimum Gasteiger partial charge on any atom is -0.465 e. The molecule has 3 unspecified atom stereocenters. The summed E-state index contributed by atoms with van der Waals surface area (Å²) in [6.45, 7) is 14.1. The minimum absolute atomic E-state index is 0.123. The van der Waals surface area contributed by atoms with Crippen molar-refractivity contribution in [3.63, 3.8) is 0 Å². The zero-order valence-corrected chi connectivity index (χ0v) is 47.9. The monoisotopic (exact) mass is 1120 g/mol. The molecule has 6 heterocycles. The Morgan fingerprint density at radius 2 is 1.68 bits per heavy atom. The second-order valence-electron chi connectivity index (χ2n) is 23.1. The SMILES string of the molecule is CCCOC(=O)[C@H](C)NP(C)(=O)C(F)c1ccc2sc(C(=O)N[C@H](C(=O)N3CC[C@@H](CC4CCN(Cc5ccc6c(c5)n(C)c(=O)n6C5CCC(=O)NC5=O)CC4)[C@H]3C(=O)N3CCO[C@H](c4ccccc4)C3)C(C)(C)C)cc2c1. The molecule has 9 rings (SSSR count). The van der Waals surface area contributed by atoms with E-state index in [9.17, 15) is 28.5 Å². The van der Waals surface area contributed by atoms with Crippen LogP contribution in [0.1, 0.15) is 124 Å². The molecule has 5 amide bonds. The van der Waals surface area contributed by atoms with Crippen LogP contribution in [0.5, 0.6) is 0 Å². The number of carbonyl (C=O) groups is 6. The van der Waals surface area contributed by atoms with E-state index in [1.54, 1.807) is 34.7 Å². The predicted molar refractivity (Wildman–Crippen MR) is 300 cm³/mol. The van der Waals surface area contributed by atoms with Gasteiger partial charge in [-0.05, 0) is 128 Å². The topological polar surface area (TPSA) is 211 Å². The first-order valence-electron chi connectivity index (χ1n) is 27.6. The number of carbonyl (C=O) groups excluding carboxylic acids is 6. The number of thiophene rings is 1. The number of fused-ring (bicyclic) bond motifs is 2. The fourth-order valence-electron chi connectivity index (χ4n) is 11.8. The van der Waals surface area contributed by atoms with Crippen molar-refractivity contribution in [1.82, 2.24) is 39.6 Å². The molecule has 4 aliphatic heterocycles. The largest absolute Gasteiger partial charge is 0.465 e. The molecule has 79 heavy (non-hydrogen) atoms. The van der Waals surface area contributed by atoms with Crippen LogP contribution in [0.25, 0.3) is 21.1 Å². The molecule has 18 nitrogen and oxygen atoms in total. The number of esters is 1. The van der Waals surface area contributed by atoms with Crippen molar-refractivity contribution in [3.8, 4) is 0 Å². The molecule has 21 heteroatoms. The molecule has 0 radical (unpaired) electrons. The first kappa shape index (κ1) is 57.6. The van der Waals surface area contributed by atoms with Crippen molar-refractivity contribution in [2.24, 2.45) is 24.3 Å². The van der Waals surface area contributed by atoms with Gasteiger partial charge in [-0.3, -0.25) is 53.2 Å². The number of hydrogen-bond donors (Lipinski definition) is 3. The van der Waals surface area contributed by atoms with Crippen LogP contribution in [-0.4, -0.2) is 130 Å². The Morgan fingerprint density at radius 1 is 0.937 bits per heavy atom. The molecule has 4 saturated heterocycles. The molecule has 424 valence electrons. The highest BCUT2D eigenvalue weighted by Crippen LogP contribution is 2.54. The van der Waals surface area contributed by atoms with Crippen LogP contribution in [0, 0.1) is 17.3 Å². The lowest BCUT2D eigenvalue weighted by atomic mass is 9.82. The van der Waals surface area contributed by atoms with Crippen molar-refractivity contribution in [2.45, 2.75) is 122 Å². The molecular weight excluding hydrogens is 1050 g/mol. The van der Waals surface area contributed by atoms with Crippen LogP contribution in [-0.2, 0) is 51.6 Å². The normalized spacial score (nSPS) is 22.6. The summed E-state index contributed by atoms with van der Waals surface area (Å²) in [6, 6.07) is 18.5. The Hall–Kier alpha value is -6.05. The summed E-state index contributed by atoms with van der Waals surface area (Å²) in [4.78, 5) is 101. The highest BCUT2D eigenvalue weighted by molar-refractivity contribution is 7.61. The number of morpholine rings is 1. The van der Waals surface area contributed by atoms with Gasteiger partial charge in [0.25, 0.3) is 5.91 Å². The van der Waals surface area contributed by atoms with E-state index >= 15 is 14.0 Å². The fraction of sp³-hybridized carbons (Fsp3) is 0.534. The van der Waals surface area contributed by atoms with Gasteiger partial charge in [-0.25, -0.2) is 9.18 Å². The average molecular weight is 1130 g/mol. The number of rotatable bonds is 17. The molecule has 0 aliphatic carbocycles. The van der Waals surface area contributed by atoms with Crippen molar-refractivity contribution < 1.29 is 47.2 Å². The first-order chi connectivity index (χ1) is 37.6. The van der Waals surface area contributed by atoms with Crippen LogP contribution in [0.2, 0.25) is 0 Å². The predicted octanol–water partition coefficient (Wildman–Crippen LogP) is 7.60. The molecule has 0 bridgehead atoms. The van der Waals surface area contributed by atoms with Gasteiger partial charge in [-0.1, -0.05) is 70.2 Å². The second kappa shape index (κ2) is 24.0. The Labute approximate surface area is 464 Å². The lowest BCUT2D eigenvalue weighted by Gasteiger charge is -2.40. The van der Waals surface area contributed by atoms with E-state index in [1.165, 1.54) is 35.6 Å². The van der Waals surface area contributed by atoms with Crippen molar-refractivity contribution in [1.29, 1.82) is 0 Å². The second-order valence-corrected chi connectivity index (χ2v) is 26.8. The van der Waals surface area contributed by atoms with Crippen LogP contribution in [0.15, 0.2) is 77.6 Å². The van der Waals surface area contributed by atoms with E-state index in [0.717, 1.165) is 43.5 Å². The maximum Gasteiger partial charge on any atom is 0.329 e. The lowest BCUT2D eigenvalue weighted by Crippen LogP contribution is -2.59. The molecule has 3 aromatic carbocycles. The molecule has 8 atom stereocenters. The number of imidazole rings is 1. The number of ether oxygens (including phenoxy) is 2. The van der Waals surface area contributed by atoms with E-state index in [-0.39, 0.29) is 66.4 Å². The summed E-state index contributed by atoms with van der Waals surface area (Å²) >= 11 is 1.19. The smallest absolute Gasteiger partial charge is 0.329 e. The van der Waals surface area contributed by atoms with Gasteiger partial charge in [0, 0.05) is 44.5 Å². The Bertz CT molecular complexity index is 3220. The van der Waals surface area contributed by atoms with Crippen molar-refractivity contribution in [2.75, 3.05) is 52.6 Å². The number of aryl methyl sites for hydroxylation is 1. The van der Waals surface area contributed by atoms with Gasteiger partial charge in [0.05, 0.1) is 35.7 Å². The highest BCUT2D eigenvalue weighted by Gasteiger charge is 2.49. The van der Waals surface area contributed by atoms with E-state index in [4.69, 9.17) is 9.47 Å². The summed E-state index contributed by atoms with van der Waals surface area (Å²) in [5.74, 6) is -4.19. The van der Waals surface area contributed by atoms with Gasteiger partial charge < -0.3 is 29.2 Å². The number of benzene rings is 3. The zero-order chi connectivity index (χ0) is 56.5. The number of hydrogen-bond acceptors (Lipinski definition) is 12. The van der Waals surface area contributed by atoms with Gasteiger partial charge in [0.2, 0.25) is 23.6 Å². The van der Waals surface area contributed by atoms with Gasteiger partial charge in [0.15, 0.2) is 13.2 Å². The van der Waals surface area contributed by atoms with Crippen LogP contribution >= 0.6 is 18.6 Å². The summed E-state index contributed by atoms with van der Waals surface area (Å²) in [7, 11) is -2.08. The van der Waals surface area contributed by atoms with E-state index in [2.05, 4.69) is 20.6 Å². The molecule has 5 aromatic rings. The van der Waals surface area contributed by atoms with Crippen LogP contribution < -0.4 is 21.4 Å². The summed E-state index contributed by atoms with van der Waals surface area (Å²) in [5, 5.41) is 8.62. The van der Waals surface area contributed by atoms with E-state index < -0.39 is 60.6 Å². The first-order valence-corrected chi connectivity index (χ1v) is 30.7. The van der Waals surface area contributed by atoms with Gasteiger partial charge in [0.1, 0.15) is 30.3 Å². The van der Waals surface area contributed by atoms with E-state index in [1.807, 2.05) is 81.1 Å². The Kier molecular flexibility index (Phi) is 17.5.